The molecule has 4 aromatic carbocycles. The molecule has 0 aliphatic rings. The Kier molecular flexibility index (Phi) is 8.99. The summed E-state index contributed by atoms with van der Waals surface area (Å²) in [5.74, 6) is -1.29. The summed E-state index contributed by atoms with van der Waals surface area (Å²) >= 11 is 18.1. The minimum atomic E-state index is -0.702. The summed E-state index contributed by atoms with van der Waals surface area (Å²) in [5, 5.41) is 7.65. The fraction of sp³-hybridized carbons (Fsp3) is 0.0345. The lowest BCUT2D eigenvalue weighted by molar-refractivity contribution is 0.0734. The Morgan fingerprint density at radius 2 is 1.51 bits per heavy atom. The fourth-order valence-corrected chi connectivity index (χ4v) is 4.11. The largest absolute Gasteiger partial charge is 0.422 e. The molecule has 0 radical (unpaired) electrons. The number of hydrogen-bond donors (Lipinski definition) is 2. The van der Waals surface area contributed by atoms with Crippen LogP contribution in [0.2, 0.25) is 15.1 Å². The molecule has 196 valence electrons. The Morgan fingerprint density at radius 3 is 2.23 bits per heavy atom. The molecule has 0 spiro atoms. The first kappa shape index (κ1) is 27.9. The number of carbonyl (C=O) groups is 3. The van der Waals surface area contributed by atoms with E-state index in [0.29, 0.717) is 32.4 Å². The highest BCUT2D eigenvalue weighted by molar-refractivity contribution is 6.36. The van der Waals surface area contributed by atoms with Gasteiger partial charge in [0.15, 0.2) is 0 Å². The van der Waals surface area contributed by atoms with Crippen molar-refractivity contribution in [3.05, 3.63) is 128 Å². The average molecular weight is 581 g/mol. The zero-order valence-corrected chi connectivity index (χ0v) is 22.6. The maximum Gasteiger partial charge on any atom is 0.345 e. The van der Waals surface area contributed by atoms with Gasteiger partial charge in [0, 0.05) is 32.4 Å². The summed E-state index contributed by atoms with van der Waals surface area (Å²) in [6.45, 7) is 1.91. The Balaban J connectivity index is 1.40. The smallest absolute Gasteiger partial charge is 0.345 e. The van der Waals surface area contributed by atoms with Gasteiger partial charge in [0.1, 0.15) is 5.75 Å². The third-order valence-electron chi connectivity index (χ3n) is 5.38. The molecule has 2 N–H and O–H groups in total. The molecule has 4 rings (SSSR count). The van der Waals surface area contributed by atoms with E-state index in [4.69, 9.17) is 39.5 Å². The van der Waals surface area contributed by atoms with Crippen LogP contribution < -0.4 is 15.5 Å². The molecule has 0 aliphatic carbocycles. The van der Waals surface area contributed by atoms with E-state index in [0.717, 1.165) is 5.56 Å². The van der Waals surface area contributed by atoms with Crippen molar-refractivity contribution >= 4 is 64.5 Å². The molecule has 39 heavy (non-hydrogen) atoms. The van der Waals surface area contributed by atoms with Crippen molar-refractivity contribution < 1.29 is 19.1 Å². The van der Waals surface area contributed by atoms with Crippen molar-refractivity contribution in [3.63, 3.8) is 0 Å². The van der Waals surface area contributed by atoms with Gasteiger partial charge in [-0.15, -0.1) is 0 Å². The number of anilines is 1. The van der Waals surface area contributed by atoms with Gasteiger partial charge in [0.25, 0.3) is 11.8 Å². The molecule has 0 saturated heterocycles. The second-order valence-electron chi connectivity index (χ2n) is 8.30. The fourth-order valence-electron chi connectivity index (χ4n) is 3.44. The van der Waals surface area contributed by atoms with Crippen LogP contribution in [0.15, 0.2) is 90.0 Å². The maximum absolute atomic E-state index is 12.6. The van der Waals surface area contributed by atoms with E-state index in [2.05, 4.69) is 15.8 Å². The number of ether oxygens (including phenoxy) is 1. The van der Waals surface area contributed by atoms with Gasteiger partial charge in [-0.25, -0.2) is 10.2 Å². The highest BCUT2D eigenvalue weighted by atomic mass is 35.5. The number of carbonyl (C=O) groups excluding carboxylic acids is 3. The summed E-state index contributed by atoms with van der Waals surface area (Å²) in [6, 6.07) is 22.5. The molecule has 2 amide bonds. The van der Waals surface area contributed by atoms with Crippen LogP contribution in [-0.2, 0) is 0 Å². The normalized spacial score (nSPS) is 10.8. The van der Waals surface area contributed by atoms with E-state index in [1.807, 2.05) is 19.1 Å². The van der Waals surface area contributed by atoms with Crippen molar-refractivity contribution in [1.82, 2.24) is 5.43 Å². The number of halogens is 3. The van der Waals surface area contributed by atoms with Crippen LogP contribution in [0.25, 0.3) is 0 Å². The van der Waals surface area contributed by atoms with Gasteiger partial charge >= 0.3 is 5.97 Å². The van der Waals surface area contributed by atoms with Crippen molar-refractivity contribution in [3.8, 4) is 5.75 Å². The van der Waals surface area contributed by atoms with E-state index in [9.17, 15) is 14.4 Å². The number of hydrazone groups is 1. The molecule has 0 atom stereocenters. The number of nitrogens with zero attached hydrogens (tertiary/aromatic N) is 1. The van der Waals surface area contributed by atoms with E-state index in [1.54, 1.807) is 42.5 Å². The summed E-state index contributed by atoms with van der Waals surface area (Å²) < 4.78 is 5.47. The van der Waals surface area contributed by atoms with Crippen LogP contribution in [0.1, 0.15) is 42.2 Å². The van der Waals surface area contributed by atoms with Crippen molar-refractivity contribution in [2.24, 2.45) is 5.10 Å². The molecule has 0 saturated carbocycles. The van der Waals surface area contributed by atoms with Gasteiger partial charge in [-0.3, -0.25) is 9.59 Å². The highest BCUT2D eigenvalue weighted by Crippen LogP contribution is 2.26. The molecule has 10 heteroatoms. The van der Waals surface area contributed by atoms with Gasteiger partial charge in [-0.2, -0.15) is 5.10 Å². The van der Waals surface area contributed by atoms with Crippen LogP contribution in [0, 0.1) is 6.92 Å². The molecule has 7 nitrogen and oxygen atoms in total. The zero-order chi connectivity index (χ0) is 27.9. The van der Waals surface area contributed by atoms with Crippen LogP contribution in [0.5, 0.6) is 5.75 Å². The first-order chi connectivity index (χ1) is 18.7. The molecule has 0 heterocycles. The standard InChI is InChI=1S/C29H20Cl3N3O4/c1-17-3-2-4-19(13-17)27(36)34-23-9-5-18(6-10-23)28(37)35-33-16-20-14-21(30)8-12-26(20)39-29(38)24-11-7-22(31)15-25(24)32/h2-16H,1H3,(H,34,36)(H,35,37)/b33-16+. The summed E-state index contributed by atoms with van der Waals surface area (Å²) in [4.78, 5) is 37.6. The second kappa shape index (κ2) is 12.6. The quantitative estimate of drug-likeness (QED) is 0.105. The SMILES string of the molecule is Cc1cccc(C(=O)Nc2ccc(C(=O)N/N=C/c3cc(Cl)ccc3OC(=O)c3ccc(Cl)cc3Cl)cc2)c1. The maximum atomic E-state index is 12.6. The van der Waals surface area contributed by atoms with Crippen molar-refractivity contribution in [1.29, 1.82) is 0 Å². The summed E-state index contributed by atoms with van der Waals surface area (Å²) in [5.41, 5.74) is 5.25. The molecular formula is C29H20Cl3N3O4. The number of hydrogen-bond acceptors (Lipinski definition) is 5. The van der Waals surface area contributed by atoms with Crippen LogP contribution in [0.4, 0.5) is 5.69 Å². The molecule has 0 aromatic heterocycles. The van der Waals surface area contributed by atoms with Crippen molar-refractivity contribution in [2.75, 3.05) is 5.32 Å². The molecular weight excluding hydrogens is 561 g/mol. The number of aryl methyl sites for hydroxylation is 1. The Morgan fingerprint density at radius 1 is 0.795 bits per heavy atom. The van der Waals surface area contributed by atoms with Crippen LogP contribution in [-0.4, -0.2) is 24.0 Å². The molecule has 0 unspecified atom stereocenters. The van der Waals surface area contributed by atoms with E-state index >= 15 is 0 Å². The predicted octanol–water partition coefficient (Wildman–Crippen LogP) is 7.19. The second-order valence-corrected chi connectivity index (χ2v) is 9.58. The first-order valence-corrected chi connectivity index (χ1v) is 12.6. The van der Waals surface area contributed by atoms with Crippen molar-refractivity contribution in [2.45, 2.75) is 6.92 Å². The Hall–Kier alpha value is -4.17. The van der Waals surface area contributed by atoms with Gasteiger partial charge < -0.3 is 10.1 Å². The topological polar surface area (TPSA) is 96.9 Å². The average Bonchev–Trinajstić information content (AvgIpc) is 2.90. The number of nitrogens with one attached hydrogen (secondary N) is 2. The first-order valence-electron chi connectivity index (χ1n) is 11.5. The van der Waals surface area contributed by atoms with Crippen LogP contribution in [0.3, 0.4) is 0 Å². The Bertz CT molecular complexity index is 1590. The minimum Gasteiger partial charge on any atom is -0.422 e. The van der Waals surface area contributed by atoms with E-state index in [1.165, 1.54) is 36.5 Å². The number of benzene rings is 4. The lowest BCUT2D eigenvalue weighted by Gasteiger charge is -2.09. The van der Waals surface area contributed by atoms with Gasteiger partial charge in [-0.1, -0.05) is 52.5 Å². The number of amides is 2. The third kappa shape index (κ3) is 7.45. The minimum absolute atomic E-state index is 0.130. The molecule has 4 aromatic rings. The van der Waals surface area contributed by atoms with Gasteiger partial charge in [0.2, 0.25) is 0 Å². The molecule has 0 fully saturated rings. The third-order valence-corrected chi connectivity index (χ3v) is 6.16. The van der Waals surface area contributed by atoms with Gasteiger partial charge in [0.05, 0.1) is 16.8 Å². The lowest BCUT2D eigenvalue weighted by atomic mass is 10.1. The predicted molar refractivity (Wildman–Crippen MR) is 154 cm³/mol. The van der Waals surface area contributed by atoms with Crippen LogP contribution >= 0.6 is 34.8 Å². The molecule has 0 aliphatic heterocycles. The number of esters is 1. The monoisotopic (exact) mass is 579 g/mol. The van der Waals surface area contributed by atoms with E-state index in [-0.39, 0.29) is 22.2 Å². The highest BCUT2D eigenvalue weighted by Gasteiger charge is 2.15. The molecule has 0 bridgehead atoms. The zero-order valence-electron chi connectivity index (χ0n) is 20.4. The Labute approximate surface area is 239 Å². The lowest BCUT2D eigenvalue weighted by Crippen LogP contribution is -2.18. The summed E-state index contributed by atoms with van der Waals surface area (Å²) in [7, 11) is 0. The number of rotatable bonds is 7. The summed E-state index contributed by atoms with van der Waals surface area (Å²) in [6.07, 6.45) is 1.30. The van der Waals surface area contributed by atoms with Gasteiger partial charge in [-0.05, 0) is 79.7 Å². The van der Waals surface area contributed by atoms with E-state index < -0.39 is 11.9 Å².